The molecule has 0 bridgehead atoms. The molecule has 1 amide bonds. The van der Waals surface area contributed by atoms with Crippen LogP contribution in [0.25, 0.3) is 0 Å². The molecule has 22 heavy (non-hydrogen) atoms. The van der Waals surface area contributed by atoms with Crippen LogP contribution in [0, 0.1) is 24.0 Å². The van der Waals surface area contributed by atoms with E-state index in [4.69, 9.17) is 11.6 Å². The van der Waals surface area contributed by atoms with Gasteiger partial charge in [-0.25, -0.2) is 0 Å². The van der Waals surface area contributed by atoms with E-state index in [9.17, 15) is 14.9 Å². The summed E-state index contributed by atoms with van der Waals surface area (Å²) in [7, 11) is 0. The number of nitrogens with one attached hydrogen (secondary N) is 1. The second kappa shape index (κ2) is 6.58. The lowest BCUT2D eigenvalue weighted by Crippen LogP contribution is -2.15. The maximum absolute atomic E-state index is 12.1. The van der Waals surface area contributed by atoms with Gasteiger partial charge in [-0.1, -0.05) is 35.4 Å². The largest absolute Gasteiger partial charge is 0.324 e. The molecule has 2 rings (SSSR count). The molecular weight excluding hydrogens is 304 g/mol. The highest BCUT2D eigenvalue weighted by molar-refractivity contribution is 6.33. The van der Waals surface area contributed by atoms with Crippen LogP contribution < -0.4 is 5.32 Å². The van der Waals surface area contributed by atoms with Crippen molar-refractivity contribution in [2.75, 3.05) is 5.32 Å². The Morgan fingerprint density at radius 2 is 1.95 bits per heavy atom. The molecule has 0 heterocycles. The molecule has 0 spiro atoms. The van der Waals surface area contributed by atoms with Gasteiger partial charge in [-0.3, -0.25) is 14.9 Å². The number of rotatable bonds is 4. The average Bonchev–Trinajstić information content (AvgIpc) is 2.44. The van der Waals surface area contributed by atoms with Gasteiger partial charge in [0.25, 0.3) is 5.69 Å². The van der Waals surface area contributed by atoms with Gasteiger partial charge in [0.15, 0.2) is 0 Å². The van der Waals surface area contributed by atoms with Crippen LogP contribution in [0.5, 0.6) is 0 Å². The molecule has 0 aliphatic carbocycles. The normalized spacial score (nSPS) is 10.3. The van der Waals surface area contributed by atoms with Crippen LogP contribution in [0.1, 0.15) is 16.7 Å². The summed E-state index contributed by atoms with van der Waals surface area (Å²) in [4.78, 5) is 22.3. The Bertz CT molecular complexity index is 744. The van der Waals surface area contributed by atoms with Crippen molar-refractivity contribution in [2.24, 2.45) is 0 Å². The first-order valence-electron chi connectivity index (χ1n) is 6.67. The minimum atomic E-state index is -0.532. The number of carbonyl (C=O) groups is 1. The van der Waals surface area contributed by atoms with E-state index in [2.05, 4.69) is 5.32 Å². The molecule has 0 saturated heterocycles. The second-order valence-corrected chi connectivity index (χ2v) is 5.48. The second-order valence-electron chi connectivity index (χ2n) is 5.08. The molecule has 0 unspecified atom stereocenters. The van der Waals surface area contributed by atoms with Crippen molar-refractivity contribution in [3.63, 3.8) is 0 Å². The number of nitrogens with zero attached hydrogens (tertiary/aromatic N) is 1. The average molecular weight is 319 g/mol. The smallest absolute Gasteiger partial charge is 0.271 e. The highest BCUT2D eigenvalue weighted by Gasteiger charge is 2.13. The maximum atomic E-state index is 12.1. The van der Waals surface area contributed by atoms with Crippen molar-refractivity contribution in [3.05, 3.63) is 68.2 Å². The summed E-state index contributed by atoms with van der Waals surface area (Å²) in [6.45, 7) is 3.93. The number of anilines is 1. The van der Waals surface area contributed by atoms with Crippen molar-refractivity contribution in [2.45, 2.75) is 20.3 Å². The predicted octanol–water partition coefficient (Wildman–Crippen LogP) is 4.05. The van der Waals surface area contributed by atoms with Gasteiger partial charge >= 0.3 is 0 Å². The van der Waals surface area contributed by atoms with Gasteiger partial charge in [0.05, 0.1) is 22.1 Å². The Balaban J connectivity index is 2.15. The molecule has 0 aliphatic rings. The molecular formula is C16H15ClN2O3. The van der Waals surface area contributed by atoms with Gasteiger partial charge < -0.3 is 5.32 Å². The Kier molecular flexibility index (Phi) is 4.78. The maximum Gasteiger partial charge on any atom is 0.271 e. The Labute approximate surface area is 133 Å². The summed E-state index contributed by atoms with van der Waals surface area (Å²) >= 11 is 5.96. The van der Waals surface area contributed by atoms with Gasteiger partial charge in [0.2, 0.25) is 5.91 Å². The standard InChI is InChI=1S/C16H15ClN2O3/c1-10-3-4-12(11(2)7-10)8-16(20)18-15-9-13(19(21)22)5-6-14(15)17/h3-7,9H,8H2,1-2H3,(H,18,20). The third-order valence-corrected chi connectivity index (χ3v) is 3.61. The Hall–Kier alpha value is -2.40. The highest BCUT2D eigenvalue weighted by Crippen LogP contribution is 2.26. The van der Waals surface area contributed by atoms with E-state index >= 15 is 0 Å². The van der Waals surface area contributed by atoms with E-state index in [0.29, 0.717) is 0 Å². The summed E-state index contributed by atoms with van der Waals surface area (Å²) in [6.07, 6.45) is 0.186. The van der Waals surface area contributed by atoms with Gasteiger partial charge in [0, 0.05) is 12.1 Å². The Morgan fingerprint density at radius 1 is 1.23 bits per heavy atom. The molecule has 0 radical (unpaired) electrons. The Morgan fingerprint density at radius 3 is 2.59 bits per heavy atom. The monoisotopic (exact) mass is 318 g/mol. The van der Waals surface area contributed by atoms with E-state index in [1.807, 2.05) is 32.0 Å². The van der Waals surface area contributed by atoms with Crippen LogP contribution in [-0.2, 0) is 11.2 Å². The van der Waals surface area contributed by atoms with Gasteiger partial charge in [0.1, 0.15) is 0 Å². The van der Waals surface area contributed by atoms with Crippen molar-refractivity contribution in [1.29, 1.82) is 0 Å². The summed E-state index contributed by atoms with van der Waals surface area (Å²) in [5.41, 5.74) is 3.19. The molecule has 5 nitrogen and oxygen atoms in total. The van der Waals surface area contributed by atoms with Crippen LogP contribution in [0.4, 0.5) is 11.4 Å². The lowest BCUT2D eigenvalue weighted by Gasteiger charge is -2.09. The molecule has 2 aromatic rings. The molecule has 0 saturated carbocycles. The van der Waals surface area contributed by atoms with Crippen LogP contribution >= 0.6 is 11.6 Å². The lowest BCUT2D eigenvalue weighted by atomic mass is 10.0. The molecule has 1 N–H and O–H groups in total. The number of amides is 1. The number of non-ortho nitro benzene ring substituents is 1. The quantitative estimate of drug-likeness (QED) is 0.683. The van der Waals surface area contributed by atoms with Crippen molar-refractivity contribution >= 4 is 28.9 Å². The van der Waals surface area contributed by atoms with Crippen LogP contribution in [-0.4, -0.2) is 10.8 Å². The molecule has 0 aliphatic heterocycles. The van der Waals surface area contributed by atoms with E-state index in [1.54, 1.807) is 0 Å². The summed E-state index contributed by atoms with van der Waals surface area (Å²) in [5.74, 6) is -0.269. The molecule has 0 atom stereocenters. The fourth-order valence-electron chi connectivity index (χ4n) is 2.13. The number of hydrogen-bond acceptors (Lipinski definition) is 3. The number of nitro benzene ring substituents is 1. The number of aryl methyl sites for hydroxylation is 2. The number of benzene rings is 2. The minimum Gasteiger partial charge on any atom is -0.324 e. The first-order valence-corrected chi connectivity index (χ1v) is 7.04. The first-order chi connectivity index (χ1) is 10.4. The summed E-state index contributed by atoms with van der Waals surface area (Å²) < 4.78 is 0. The van der Waals surface area contributed by atoms with E-state index < -0.39 is 4.92 Å². The zero-order valence-corrected chi connectivity index (χ0v) is 13.0. The topological polar surface area (TPSA) is 72.2 Å². The van der Waals surface area contributed by atoms with E-state index in [0.717, 1.165) is 16.7 Å². The zero-order chi connectivity index (χ0) is 16.3. The zero-order valence-electron chi connectivity index (χ0n) is 12.2. The summed E-state index contributed by atoms with van der Waals surface area (Å²) in [5, 5.41) is 13.7. The molecule has 2 aromatic carbocycles. The van der Waals surface area contributed by atoms with Crippen LogP contribution in [0.2, 0.25) is 5.02 Å². The molecule has 0 fully saturated rings. The summed E-state index contributed by atoms with van der Waals surface area (Å²) in [6, 6.07) is 9.79. The number of nitro groups is 1. The van der Waals surface area contributed by atoms with E-state index in [1.165, 1.54) is 18.2 Å². The lowest BCUT2D eigenvalue weighted by molar-refractivity contribution is -0.384. The van der Waals surface area contributed by atoms with E-state index in [-0.39, 0.29) is 28.7 Å². The molecule has 114 valence electrons. The number of halogens is 1. The SMILES string of the molecule is Cc1ccc(CC(=O)Nc2cc([N+](=O)[O-])ccc2Cl)c(C)c1. The van der Waals surface area contributed by atoms with Gasteiger partial charge in [-0.2, -0.15) is 0 Å². The van der Waals surface area contributed by atoms with Gasteiger partial charge in [-0.15, -0.1) is 0 Å². The fraction of sp³-hybridized carbons (Fsp3) is 0.188. The highest BCUT2D eigenvalue weighted by atomic mass is 35.5. The van der Waals surface area contributed by atoms with Crippen molar-refractivity contribution < 1.29 is 9.72 Å². The molecule has 6 heteroatoms. The van der Waals surface area contributed by atoms with Crippen LogP contribution in [0.15, 0.2) is 36.4 Å². The minimum absolute atomic E-state index is 0.119. The molecule has 0 aromatic heterocycles. The van der Waals surface area contributed by atoms with Crippen molar-refractivity contribution in [1.82, 2.24) is 0 Å². The van der Waals surface area contributed by atoms with Gasteiger partial charge in [-0.05, 0) is 31.0 Å². The van der Waals surface area contributed by atoms with Crippen molar-refractivity contribution in [3.8, 4) is 0 Å². The fourth-order valence-corrected chi connectivity index (χ4v) is 2.30. The van der Waals surface area contributed by atoms with Crippen LogP contribution in [0.3, 0.4) is 0 Å². The first kappa shape index (κ1) is 16.0. The third-order valence-electron chi connectivity index (χ3n) is 3.28. The predicted molar refractivity (Wildman–Crippen MR) is 86.4 cm³/mol. The number of hydrogen-bond donors (Lipinski definition) is 1. The number of carbonyl (C=O) groups excluding carboxylic acids is 1. The third kappa shape index (κ3) is 3.83.